The van der Waals surface area contributed by atoms with Crippen LogP contribution in [0.5, 0.6) is 11.5 Å². The van der Waals surface area contributed by atoms with Crippen LogP contribution in [0.3, 0.4) is 0 Å². The van der Waals surface area contributed by atoms with Crippen molar-refractivity contribution in [2.45, 2.75) is 13.8 Å². The Kier molecular flexibility index (Phi) is 4.71. The summed E-state index contributed by atoms with van der Waals surface area (Å²) in [6.45, 7) is 5.14. The third-order valence-electron chi connectivity index (χ3n) is 2.79. The van der Waals surface area contributed by atoms with Crippen molar-refractivity contribution in [3.63, 3.8) is 0 Å². The van der Waals surface area contributed by atoms with E-state index < -0.39 is 0 Å². The van der Waals surface area contributed by atoms with Crippen molar-refractivity contribution in [1.29, 1.82) is 0 Å². The summed E-state index contributed by atoms with van der Waals surface area (Å²) in [5, 5.41) is 3.29. The van der Waals surface area contributed by atoms with Gasteiger partial charge in [-0.05, 0) is 38.1 Å². The minimum atomic E-state index is 0.604. The standard InChI is InChI=1S/C16H20N2O2/c1-3-19-12-9-10-16(20-4-2)15(11-12)18-14-8-6-5-7-13(14)17/h5-11,18H,3-4,17H2,1-2H3. The van der Waals surface area contributed by atoms with Gasteiger partial charge in [0.15, 0.2) is 0 Å². The molecule has 0 radical (unpaired) electrons. The highest BCUT2D eigenvalue weighted by Gasteiger charge is 2.07. The Morgan fingerprint density at radius 2 is 1.70 bits per heavy atom. The number of benzene rings is 2. The molecule has 0 atom stereocenters. The van der Waals surface area contributed by atoms with Gasteiger partial charge >= 0.3 is 0 Å². The molecular formula is C16H20N2O2. The molecular weight excluding hydrogens is 252 g/mol. The number of ether oxygens (including phenoxy) is 2. The quantitative estimate of drug-likeness (QED) is 0.785. The number of anilines is 3. The molecule has 2 aromatic rings. The summed E-state index contributed by atoms with van der Waals surface area (Å²) >= 11 is 0. The molecule has 0 aliphatic heterocycles. The van der Waals surface area contributed by atoms with Crippen LogP contribution in [0.25, 0.3) is 0 Å². The van der Waals surface area contributed by atoms with E-state index in [1.165, 1.54) is 0 Å². The molecule has 0 fully saturated rings. The number of hydrogen-bond donors (Lipinski definition) is 2. The van der Waals surface area contributed by atoms with Gasteiger partial charge in [-0.3, -0.25) is 0 Å². The Labute approximate surface area is 119 Å². The van der Waals surface area contributed by atoms with Crippen LogP contribution in [-0.2, 0) is 0 Å². The molecule has 2 rings (SSSR count). The fourth-order valence-corrected chi connectivity index (χ4v) is 1.90. The van der Waals surface area contributed by atoms with Gasteiger partial charge in [-0.25, -0.2) is 0 Å². The van der Waals surface area contributed by atoms with Crippen LogP contribution in [0.2, 0.25) is 0 Å². The lowest BCUT2D eigenvalue weighted by Crippen LogP contribution is -2.01. The smallest absolute Gasteiger partial charge is 0.142 e. The maximum atomic E-state index is 5.95. The van der Waals surface area contributed by atoms with Crippen LogP contribution < -0.4 is 20.5 Å². The van der Waals surface area contributed by atoms with Gasteiger partial charge in [0.05, 0.1) is 30.3 Å². The predicted molar refractivity (Wildman–Crippen MR) is 82.9 cm³/mol. The fourth-order valence-electron chi connectivity index (χ4n) is 1.90. The van der Waals surface area contributed by atoms with Crippen LogP contribution in [0.15, 0.2) is 42.5 Å². The summed E-state index contributed by atoms with van der Waals surface area (Å²) in [5.74, 6) is 1.58. The molecule has 0 saturated heterocycles. The van der Waals surface area contributed by atoms with Crippen LogP contribution in [0.1, 0.15) is 13.8 Å². The summed E-state index contributed by atoms with van der Waals surface area (Å²) in [4.78, 5) is 0. The molecule has 0 heterocycles. The number of rotatable bonds is 6. The first kappa shape index (κ1) is 14.1. The van der Waals surface area contributed by atoms with Gasteiger partial charge in [0.25, 0.3) is 0 Å². The SMILES string of the molecule is CCOc1ccc(OCC)c(Nc2ccccc2N)c1. The number of nitrogen functional groups attached to an aromatic ring is 1. The van der Waals surface area contributed by atoms with E-state index in [-0.39, 0.29) is 0 Å². The first-order chi connectivity index (χ1) is 9.74. The van der Waals surface area contributed by atoms with Gasteiger partial charge in [0.1, 0.15) is 11.5 Å². The van der Waals surface area contributed by atoms with Crippen molar-refractivity contribution in [3.05, 3.63) is 42.5 Å². The highest BCUT2D eigenvalue weighted by Crippen LogP contribution is 2.33. The molecule has 106 valence electrons. The fraction of sp³-hybridized carbons (Fsp3) is 0.250. The average molecular weight is 272 g/mol. The van der Waals surface area contributed by atoms with Gasteiger partial charge in [-0.1, -0.05) is 12.1 Å². The predicted octanol–water partition coefficient (Wildman–Crippen LogP) is 3.81. The topological polar surface area (TPSA) is 56.5 Å². The molecule has 3 N–H and O–H groups in total. The van der Waals surface area contributed by atoms with Crippen LogP contribution in [0.4, 0.5) is 17.1 Å². The normalized spacial score (nSPS) is 10.1. The van der Waals surface area contributed by atoms with Crippen LogP contribution in [-0.4, -0.2) is 13.2 Å². The van der Waals surface area contributed by atoms with E-state index in [2.05, 4.69) is 5.32 Å². The van der Waals surface area contributed by atoms with E-state index in [9.17, 15) is 0 Å². The average Bonchev–Trinajstić information content (AvgIpc) is 2.45. The van der Waals surface area contributed by atoms with Gasteiger partial charge < -0.3 is 20.5 Å². The lowest BCUT2D eigenvalue weighted by Gasteiger charge is -2.15. The zero-order chi connectivity index (χ0) is 14.4. The molecule has 4 heteroatoms. The molecule has 0 aliphatic rings. The second-order valence-electron chi connectivity index (χ2n) is 4.24. The molecule has 0 unspecified atom stereocenters. The Morgan fingerprint density at radius 3 is 2.40 bits per heavy atom. The van der Waals surface area contributed by atoms with Gasteiger partial charge in [-0.15, -0.1) is 0 Å². The van der Waals surface area contributed by atoms with Crippen molar-refractivity contribution < 1.29 is 9.47 Å². The molecule has 2 aromatic carbocycles. The van der Waals surface area contributed by atoms with Gasteiger partial charge in [0, 0.05) is 6.07 Å². The maximum Gasteiger partial charge on any atom is 0.142 e. The van der Waals surface area contributed by atoms with E-state index >= 15 is 0 Å². The number of para-hydroxylation sites is 2. The summed E-state index contributed by atoms with van der Waals surface area (Å²) in [7, 11) is 0. The van der Waals surface area contributed by atoms with Crippen LogP contribution >= 0.6 is 0 Å². The Morgan fingerprint density at radius 1 is 0.950 bits per heavy atom. The lowest BCUT2D eigenvalue weighted by molar-refractivity contribution is 0.332. The maximum absolute atomic E-state index is 5.95. The molecule has 0 bridgehead atoms. The van der Waals surface area contributed by atoms with E-state index in [1.807, 2.05) is 56.3 Å². The summed E-state index contributed by atoms with van der Waals surface area (Å²) in [5.41, 5.74) is 8.34. The zero-order valence-corrected chi connectivity index (χ0v) is 11.8. The molecule has 0 aliphatic carbocycles. The minimum absolute atomic E-state index is 0.604. The lowest BCUT2D eigenvalue weighted by atomic mass is 10.2. The largest absolute Gasteiger partial charge is 0.494 e. The highest BCUT2D eigenvalue weighted by atomic mass is 16.5. The second kappa shape index (κ2) is 6.70. The first-order valence-electron chi connectivity index (χ1n) is 6.75. The van der Waals surface area contributed by atoms with Gasteiger partial charge in [-0.2, -0.15) is 0 Å². The molecule has 0 amide bonds. The summed E-state index contributed by atoms with van der Waals surface area (Å²) in [6, 6.07) is 13.3. The van der Waals surface area contributed by atoms with Crippen molar-refractivity contribution in [2.24, 2.45) is 0 Å². The molecule has 20 heavy (non-hydrogen) atoms. The Bertz CT molecular complexity index is 570. The van der Waals surface area contributed by atoms with Gasteiger partial charge in [0.2, 0.25) is 0 Å². The van der Waals surface area contributed by atoms with Crippen LogP contribution in [0, 0.1) is 0 Å². The van der Waals surface area contributed by atoms with E-state index in [1.54, 1.807) is 0 Å². The highest BCUT2D eigenvalue weighted by molar-refractivity contribution is 5.75. The van der Waals surface area contributed by atoms with Crippen molar-refractivity contribution >= 4 is 17.1 Å². The van der Waals surface area contributed by atoms with E-state index in [4.69, 9.17) is 15.2 Å². The summed E-state index contributed by atoms with van der Waals surface area (Å²) in [6.07, 6.45) is 0. The first-order valence-corrected chi connectivity index (χ1v) is 6.75. The van der Waals surface area contributed by atoms with E-state index in [0.29, 0.717) is 18.9 Å². The molecule has 0 spiro atoms. The monoisotopic (exact) mass is 272 g/mol. The second-order valence-corrected chi connectivity index (χ2v) is 4.24. The molecule has 0 saturated carbocycles. The zero-order valence-electron chi connectivity index (χ0n) is 11.8. The number of hydrogen-bond acceptors (Lipinski definition) is 4. The Hall–Kier alpha value is -2.36. The van der Waals surface area contributed by atoms with Crippen molar-refractivity contribution in [3.8, 4) is 11.5 Å². The third kappa shape index (κ3) is 3.35. The number of nitrogens with two attached hydrogens (primary N) is 1. The molecule has 0 aromatic heterocycles. The Balaban J connectivity index is 2.32. The summed E-state index contributed by atoms with van der Waals surface area (Å²) < 4.78 is 11.1. The van der Waals surface area contributed by atoms with Crippen molar-refractivity contribution in [2.75, 3.05) is 24.3 Å². The third-order valence-corrected chi connectivity index (χ3v) is 2.79. The van der Waals surface area contributed by atoms with E-state index in [0.717, 1.165) is 22.9 Å². The molecule has 4 nitrogen and oxygen atoms in total. The number of nitrogens with one attached hydrogen (secondary N) is 1. The minimum Gasteiger partial charge on any atom is -0.494 e. The van der Waals surface area contributed by atoms with Crippen molar-refractivity contribution in [1.82, 2.24) is 0 Å².